The quantitative estimate of drug-likeness (QED) is 0.780. The summed E-state index contributed by atoms with van der Waals surface area (Å²) >= 11 is 0. The van der Waals surface area contributed by atoms with Gasteiger partial charge in [0.1, 0.15) is 5.69 Å². The Morgan fingerprint density at radius 3 is 2.77 bits per heavy atom. The standard InChI is InChI=1S/C17H18N4O/c1-10-6-13(16-14(7-10)11(2)12(3)21-16)8-20-17(22)15-9-18-4-5-19-15/h4-7,9,21H,8H2,1-3H3,(H,20,22). The molecule has 0 saturated carbocycles. The Bertz CT molecular complexity index is 837. The molecule has 2 N–H and O–H groups in total. The van der Waals surface area contributed by atoms with Crippen LogP contribution in [0, 0.1) is 20.8 Å². The van der Waals surface area contributed by atoms with E-state index in [9.17, 15) is 4.79 Å². The highest BCUT2D eigenvalue weighted by Gasteiger charge is 2.11. The molecule has 0 radical (unpaired) electrons. The highest BCUT2D eigenvalue weighted by molar-refractivity contribution is 5.92. The van der Waals surface area contributed by atoms with Gasteiger partial charge in [-0.15, -0.1) is 0 Å². The monoisotopic (exact) mass is 294 g/mol. The highest BCUT2D eigenvalue weighted by atomic mass is 16.1. The van der Waals surface area contributed by atoms with Crippen molar-refractivity contribution in [2.75, 3.05) is 0 Å². The lowest BCUT2D eigenvalue weighted by Gasteiger charge is -2.07. The lowest BCUT2D eigenvalue weighted by molar-refractivity contribution is 0.0945. The molecule has 0 atom stereocenters. The lowest BCUT2D eigenvalue weighted by atomic mass is 10.0. The molecule has 0 saturated heterocycles. The Labute approximate surface area is 128 Å². The Kier molecular flexibility index (Phi) is 3.63. The summed E-state index contributed by atoms with van der Waals surface area (Å²) in [5, 5.41) is 4.11. The van der Waals surface area contributed by atoms with E-state index in [2.05, 4.69) is 53.2 Å². The van der Waals surface area contributed by atoms with Crippen LogP contribution in [0.2, 0.25) is 0 Å². The summed E-state index contributed by atoms with van der Waals surface area (Å²) in [5.41, 5.74) is 6.06. The maximum atomic E-state index is 12.1. The van der Waals surface area contributed by atoms with Crippen LogP contribution in [0.1, 0.15) is 32.9 Å². The normalized spacial score (nSPS) is 10.9. The first kappa shape index (κ1) is 14.3. The Morgan fingerprint density at radius 2 is 2.05 bits per heavy atom. The van der Waals surface area contributed by atoms with Crippen molar-refractivity contribution >= 4 is 16.8 Å². The second-order valence-corrected chi connectivity index (χ2v) is 5.49. The summed E-state index contributed by atoms with van der Waals surface area (Å²) in [6.07, 6.45) is 4.52. The van der Waals surface area contributed by atoms with E-state index in [0.717, 1.165) is 16.8 Å². The topological polar surface area (TPSA) is 70.7 Å². The molecule has 1 aromatic carbocycles. The van der Waals surface area contributed by atoms with Gasteiger partial charge in [-0.05, 0) is 38.0 Å². The first-order valence-electron chi connectivity index (χ1n) is 7.19. The van der Waals surface area contributed by atoms with Gasteiger partial charge in [0.25, 0.3) is 5.91 Å². The number of aromatic amines is 1. The van der Waals surface area contributed by atoms with Crippen LogP contribution in [-0.4, -0.2) is 20.9 Å². The number of H-pyrrole nitrogens is 1. The predicted octanol–water partition coefficient (Wildman–Crippen LogP) is 2.81. The number of rotatable bonds is 3. The third kappa shape index (κ3) is 2.57. The van der Waals surface area contributed by atoms with Crippen LogP contribution in [0.25, 0.3) is 10.9 Å². The van der Waals surface area contributed by atoms with E-state index < -0.39 is 0 Å². The summed E-state index contributed by atoms with van der Waals surface area (Å²) in [4.78, 5) is 23.4. The third-order valence-electron chi connectivity index (χ3n) is 3.88. The molecule has 2 heterocycles. The molecule has 0 aliphatic heterocycles. The van der Waals surface area contributed by atoms with Crippen molar-refractivity contribution in [3.63, 3.8) is 0 Å². The molecule has 112 valence electrons. The molecule has 3 rings (SSSR count). The fourth-order valence-electron chi connectivity index (χ4n) is 2.61. The zero-order chi connectivity index (χ0) is 15.7. The number of amides is 1. The molecule has 0 spiro atoms. The molecule has 5 nitrogen and oxygen atoms in total. The number of hydrogen-bond acceptors (Lipinski definition) is 3. The van der Waals surface area contributed by atoms with E-state index in [1.165, 1.54) is 28.9 Å². The fraction of sp³-hybridized carbons (Fsp3) is 0.235. The molecule has 3 aromatic rings. The molecular formula is C17H18N4O. The molecule has 0 aliphatic rings. The molecule has 22 heavy (non-hydrogen) atoms. The van der Waals surface area contributed by atoms with Gasteiger partial charge in [0.2, 0.25) is 0 Å². The van der Waals surface area contributed by atoms with Crippen molar-refractivity contribution in [1.82, 2.24) is 20.3 Å². The van der Waals surface area contributed by atoms with Crippen LogP contribution in [0.5, 0.6) is 0 Å². The first-order valence-corrected chi connectivity index (χ1v) is 7.19. The van der Waals surface area contributed by atoms with Crippen LogP contribution in [0.3, 0.4) is 0 Å². The number of hydrogen-bond donors (Lipinski definition) is 2. The maximum Gasteiger partial charge on any atom is 0.271 e. The van der Waals surface area contributed by atoms with Crippen molar-refractivity contribution in [1.29, 1.82) is 0 Å². The molecule has 5 heteroatoms. The van der Waals surface area contributed by atoms with Crippen LogP contribution >= 0.6 is 0 Å². The van der Waals surface area contributed by atoms with Gasteiger partial charge in [0.05, 0.1) is 11.7 Å². The van der Waals surface area contributed by atoms with Crippen LogP contribution in [-0.2, 0) is 6.54 Å². The van der Waals surface area contributed by atoms with E-state index >= 15 is 0 Å². The first-order chi connectivity index (χ1) is 10.6. The van der Waals surface area contributed by atoms with Crippen LogP contribution < -0.4 is 5.32 Å². The number of benzene rings is 1. The largest absolute Gasteiger partial charge is 0.358 e. The minimum Gasteiger partial charge on any atom is -0.358 e. The SMILES string of the molecule is Cc1cc(CNC(=O)c2cnccn2)c2[nH]c(C)c(C)c2c1. The number of aryl methyl sites for hydroxylation is 3. The highest BCUT2D eigenvalue weighted by Crippen LogP contribution is 2.25. The molecule has 0 fully saturated rings. The van der Waals surface area contributed by atoms with E-state index in [1.807, 2.05) is 0 Å². The summed E-state index contributed by atoms with van der Waals surface area (Å²) in [6.45, 7) is 6.68. The van der Waals surface area contributed by atoms with E-state index in [0.29, 0.717) is 12.2 Å². The molecule has 0 unspecified atom stereocenters. The number of aromatic nitrogens is 3. The zero-order valence-electron chi connectivity index (χ0n) is 12.9. The number of fused-ring (bicyclic) bond motifs is 1. The van der Waals surface area contributed by atoms with Gasteiger partial charge in [0, 0.05) is 30.0 Å². The van der Waals surface area contributed by atoms with E-state index in [4.69, 9.17) is 0 Å². The zero-order valence-corrected chi connectivity index (χ0v) is 12.9. The van der Waals surface area contributed by atoms with Crippen molar-refractivity contribution in [2.24, 2.45) is 0 Å². The number of carbonyl (C=O) groups excluding carboxylic acids is 1. The van der Waals surface area contributed by atoms with Gasteiger partial charge in [-0.25, -0.2) is 4.98 Å². The Hall–Kier alpha value is -2.69. The number of nitrogens with zero attached hydrogens (tertiary/aromatic N) is 2. The fourth-order valence-corrected chi connectivity index (χ4v) is 2.61. The average Bonchev–Trinajstić information content (AvgIpc) is 2.81. The minimum absolute atomic E-state index is 0.220. The number of nitrogens with one attached hydrogen (secondary N) is 2. The second kappa shape index (κ2) is 5.60. The average molecular weight is 294 g/mol. The smallest absolute Gasteiger partial charge is 0.271 e. The van der Waals surface area contributed by atoms with Gasteiger partial charge >= 0.3 is 0 Å². The Morgan fingerprint density at radius 1 is 1.23 bits per heavy atom. The van der Waals surface area contributed by atoms with Crippen LogP contribution in [0.15, 0.2) is 30.7 Å². The van der Waals surface area contributed by atoms with E-state index in [1.54, 1.807) is 6.20 Å². The molecular weight excluding hydrogens is 276 g/mol. The molecule has 2 aromatic heterocycles. The van der Waals surface area contributed by atoms with Crippen molar-refractivity contribution in [2.45, 2.75) is 27.3 Å². The summed E-state index contributed by atoms with van der Waals surface area (Å²) in [5.74, 6) is -0.220. The van der Waals surface area contributed by atoms with Gasteiger partial charge in [-0.1, -0.05) is 11.6 Å². The minimum atomic E-state index is -0.220. The van der Waals surface area contributed by atoms with Crippen LogP contribution in [0.4, 0.5) is 0 Å². The molecule has 0 aliphatic carbocycles. The van der Waals surface area contributed by atoms with Crippen molar-refractivity contribution in [3.8, 4) is 0 Å². The van der Waals surface area contributed by atoms with Gasteiger partial charge in [0.15, 0.2) is 0 Å². The van der Waals surface area contributed by atoms with Crippen molar-refractivity contribution < 1.29 is 4.79 Å². The third-order valence-corrected chi connectivity index (χ3v) is 3.88. The predicted molar refractivity (Wildman–Crippen MR) is 85.7 cm³/mol. The van der Waals surface area contributed by atoms with Gasteiger partial charge in [-0.2, -0.15) is 0 Å². The van der Waals surface area contributed by atoms with E-state index in [-0.39, 0.29) is 5.91 Å². The summed E-state index contributed by atoms with van der Waals surface area (Å²) in [7, 11) is 0. The lowest BCUT2D eigenvalue weighted by Crippen LogP contribution is -2.24. The Balaban J connectivity index is 1.88. The maximum absolute atomic E-state index is 12.1. The second-order valence-electron chi connectivity index (χ2n) is 5.49. The molecule has 0 bridgehead atoms. The van der Waals surface area contributed by atoms with Gasteiger partial charge < -0.3 is 10.3 Å². The van der Waals surface area contributed by atoms with Gasteiger partial charge in [-0.3, -0.25) is 9.78 Å². The van der Waals surface area contributed by atoms with Crippen molar-refractivity contribution in [3.05, 3.63) is 58.8 Å². The summed E-state index contributed by atoms with van der Waals surface area (Å²) in [6, 6.07) is 4.26. The number of carbonyl (C=O) groups is 1. The summed E-state index contributed by atoms with van der Waals surface area (Å²) < 4.78 is 0. The molecule has 1 amide bonds.